The van der Waals surface area contributed by atoms with Gasteiger partial charge in [0.25, 0.3) is 0 Å². The van der Waals surface area contributed by atoms with Crippen molar-refractivity contribution in [3.8, 4) is 5.75 Å². The van der Waals surface area contributed by atoms with Crippen molar-refractivity contribution in [3.63, 3.8) is 0 Å². The van der Waals surface area contributed by atoms with Gasteiger partial charge in [-0.2, -0.15) is 0 Å². The van der Waals surface area contributed by atoms with E-state index in [1.165, 1.54) is 0 Å². The number of anilines is 1. The minimum Gasteiger partial charge on any atom is -0.496 e. The first-order valence-corrected chi connectivity index (χ1v) is 6.63. The topological polar surface area (TPSA) is 52.3 Å². The van der Waals surface area contributed by atoms with Crippen molar-refractivity contribution in [2.24, 2.45) is 0 Å². The standard InChI is InChI=1S/C14H11BrClNO2/c1-19-13-5-2-8(6-11(13)15)14(18)10-7-9(16)3-4-12(10)17/h2-7H,17H2,1H3. The van der Waals surface area contributed by atoms with Crippen molar-refractivity contribution in [1.29, 1.82) is 0 Å². The number of ketones is 1. The van der Waals surface area contributed by atoms with E-state index in [-0.39, 0.29) is 5.78 Å². The van der Waals surface area contributed by atoms with E-state index in [1.807, 2.05) is 0 Å². The fourth-order valence-electron chi connectivity index (χ4n) is 1.69. The van der Waals surface area contributed by atoms with Crippen LogP contribution in [0, 0.1) is 0 Å². The van der Waals surface area contributed by atoms with Gasteiger partial charge < -0.3 is 10.5 Å². The second-order valence-electron chi connectivity index (χ2n) is 3.91. The molecule has 2 N–H and O–H groups in total. The van der Waals surface area contributed by atoms with Gasteiger partial charge in [-0.3, -0.25) is 4.79 Å². The smallest absolute Gasteiger partial charge is 0.195 e. The predicted molar refractivity (Wildman–Crippen MR) is 80.0 cm³/mol. The van der Waals surface area contributed by atoms with Crippen LogP contribution in [0.2, 0.25) is 5.02 Å². The van der Waals surface area contributed by atoms with Gasteiger partial charge in [0.05, 0.1) is 11.6 Å². The number of ether oxygens (including phenoxy) is 1. The van der Waals surface area contributed by atoms with Gasteiger partial charge in [0, 0.05) is 21.8 Å². The summed E-state index contributed by atoms with van der Waals surface area (Å²) < 4.78 is 5.83. The molecule has 5 heteroatoms. The van der Waals surface area contributed by atoms with E-state index in [2.05, 4.69) is 15.9 Å². The number of nitrogens with two attached hydrogens (primary N) is 1. The molecule has 0 bridgehead atoms. The Morgan fingerprint density at radius 1 is 1.26 bits per heavy atom. The third-order valence-corrected chi connectivity index (χ3v) is 3.53. The average molecular weight is 341 g/mol. The molecule has 0 saturated carbocycles. The van der Waals surface area contributed by atoms with E-state index in [0.717, 1.165) is 0 Å². The third-order valence-electron chi connectivity index (χ3n) is 2.67. The second kappa shape index (κ2) is 5.63. The molecule has 0 heterocycles. The Labute approximate surface area is 124 Å². The molecular weight excluding hydrogens is 330 g/mol. The second-order valence-corrected chi connectivity index (χ2v) is 5.20. The maximum atomic E-state index is 12.4. The molecule has 0 spiro atoms. The third kappa shape index (κ3) is 2.91. The molecule has 0 aliphatic rings. The van der Waals surface area contributed by atoms with Crippen molar-refractivity contribution < 1.29 is 9.53 Å². The Kier molecular flexibility index (Phi) is 4.12. The molecule has 98 valence electrons. The highest BCUT2D eigenvalue weighted by atomic mass is 79.9. The van der Waals surface area contributed by atoms with Gasteiger partial charge in [-0.25, -0.2) is 0 Å². The Bertz CT molecular complexity index is 643. The lowest BCUT2D eigenvalue weighted by atomic mass is 10.0. The predicted octanol–water partition coefficient (Wildman–Crippen LogP) is 3.92. The first-order chi connectivity index (χ1) is 9.02. The van der Waals surface area contributed by atoms with E-state index in [9.17, 15) is 4.79 Å². The summed E-state index contributed by atoms with van der Waals surface area (Å²) in [4.78, 5) is 12.4. The lowest BCUT2D eigenvalue weighted by molar-refractivity contribution is 0.103. The molecule has 0 radical (unpaired) electrons. The molecule has 2 aromatic rings. The van der Waals surface area contributed by atoms with Crippen LogP contribution in [-0.2, 0) is 0 Å². The summed E-state index contributed by atoms with van der Waals surface area (Å²) in [5.41, 5.74) is 7.12. The fourth-order valence-corrected chi connectivity index (χ4v) is 2.40. The highest BCUT2D eigenvalue weighted by Gasteiger charge is 2.14. The van der Waals surface area contributed by atoms with Crippen molar-refractivity contribution in [3.05, 3.63) is 57.0 Å². The van der Waals surface area contributed by atoms with Crippen LogP contribution in [0.4, 0.5) is 5.69 Å². The zero-order valence-corrected chi connectivity index (χ0v) is 12.5. The van der Waals surface area contributed by atoms with E-state index < -0.39 is 0 Å². The van der Waals surface area contributed by atoms with Gasteiger partial charge in [0.15, 0.2) is 5.78 Å². The number of rotatable bonds is 3. The number of halogens is 2. The highest BCUT2D eigenvalue weighted by Crippen LogP contribution is 2.28. The van der Waals surface area contributed by atoms with Crippen molar-refractivity contribution in [2.45, 2.75) is 0 Å². The molecule has 0 atom stereocenters. The Balaban J connectivity index is 2.44. The maximum Gasteiger partial charge on any atom is 0.195 e. The van der Waals surface area contributed by atoms with E-state index >= 15 is 0 Å². The van der Waals surface area contributed by atoms with Gasteiger partial charge >= 0.3 is 0 Å². The number of nitrogen functional groups attached to an aromatic ring is 1. The van der Waals surface area contributed by atoms with Crippen LogP contribution in [0.5, 0.6) is 5.75 Å². The summed E-state index contributed by atoms with van der Waals surface area (Å²) in [6, 6.07) is 9.94. The average Bonchev–Trinajstić information content (AvgIpc) is 2.40. The number of benzene rings is 2. The molecule has 0 amide bonds. The Hall–Kier alpha value is -1.52. The van der Waals surface area contributed by atoms with Gasteiger partial charge in [0.1, 0.15) is 5.75 Å². The summed E-state index contributed by atoms with van der Waals surface area (Å²) in [5.74, 6) is 0.485. The fraction of sp³-hybridized carbons (Fsp3) is 0.0714. The first kappa shape index (κ1) is 13.9. The van der Waals surface area contributed by atoms with E-state index in [1.54, 1.807) is 43.5 Å². The summed E-state index contributed by atoms with van der Waals surface area (Å²) in [7, 11) is 1.57. The van der Waals surface area contributed by atoms with Crippen molar-refractivity contribution in [1.82, 2.24) is 0 Å². The van der Waals surface area contributed by atoms with Gasteiger partial charge in [0.2, 0.25) is 0 Å². The molecule has 3 nitrogen and oxygen atoms in total. The summed E-state index contributed by atoms with van der Waals surface area (Å²) >= 11 is 9.24. The number of carbonyl (C=O) groups is 1. The zero-order valence-electron chi connectivity index (χ0n) is 10.1. The molecule has 0 aromatic heterocycles. The molecular formula is C14H11BrClNO2. The van der Waals surface area contributed by atoms with Gasteiger partial charge in [-0.05, 0) is 52.3 Å². The lowest BCUT2D eigenvalue weighted by Gasteiger charge is -2.08. The van der Waals surface area contributed by atoms with Crippen LogP contribution >= 0.6 is 27.5 Å². The van der Waals surface area contributed by atoms with Gasteiger partial charge in [-0.1, -0.05) is 11.6 Å². The zero-order chi connectivity index (χ0) is 14.0. The Morgan fingerprint density at radius 3 is 2.63 bits per heavy atom. The summed E-state index contributed by atoms with van der Waals surface area (Å²) in [5, 5.41) is 0.477. The number of hydrogen-bond acceptors (Lipinski definition) is 3. The van der Waals surface area contributed by atoms with E-state index in [0.29, 0.717) is 32.1 Å². The SMILES string of the molecule is COc1ccc(C(=O)c2cc(Cl)ccc2N)cc1Br. The first-order valence-electron chi connectivity index (χ1n) is 5.46. The monoisotopic (exact) mass is 339 g/mol. The van der Waals surface area contributed by atoms with Crippen LogP contribution in [0.1, 0.15) is 15.9 Å². The number of hydrogen-bond donors (Lipinski definition) is 1. The van der Waals surface area contributed by atoms with Crippen LogP contribution in [0.3, 0.4) is 0 Å². The summed E-state index contributed by atoms with van der Waals surface area (Å²) in [6.45, 7) is 0. The van der Waals surface area contributed by atoms with Crippen LogP contribution < -0.4 is 10.5 Å². The number of carbonyl (C=O) groups excluding carboxylic acids is 1. The molecule has 0 aliphatic carbocycles. The molecule has 2 aromatic carbocycles. The van der Waals surface area contributed by atoms with Crippen molar-refractivity contribution >= 4 is 39.0 Å². The minimum absolute atomic E-state index is 0.177. The minimum atomic E-state index is -0.177. The molecule has 0 aliphatic heterocycles. The maximum absolute atomic E-state index is 12.4. The quantitative estimate of drug-likeness (QED) is 0.680. The van der Waals surface area contributed by atoms with Crippen LogP contribution in [-0.4, -0.2) is 12.9 Å². The normalized spacial score (nSPS) is 10.3. The molecule has 2 rings (SSSR count). The molecule has 0 unspecified atom stereocenters. The molecule has 0 fully saturated rings. The van der Waals surface area contributed by atoms with Crippen molar-refractivity contribution in [2.75, 3.05) is 12.8 Å². The molecule has 0 saturated heterocycles. The van der Waals surface area contributed by atoms with Gasteiger partial charge in [-0.15, -0.1) is 0 Å². The van der Waals surface area contributed by atoms with Crippen LogP contribution in [0.25, 0.3) is 0 Å². The lowest BCUT2D eigenvalue weighted by Crippen LogP contribution is -2.05. The highest BCUT2D eigenvalue weighted by molar-refractivity contribution is 9.10. The van der Waals surface area contributed by atoms with Crippen LogP contribution in [0.15, 0.2) is 40.9 Å². The summed E-state index contributed by atoms with van der Waals surface area (Å²) in [6.07, 6.45) is 0. The Morgan fingerprint density at radius 2 is 2.00 bits per heavy atom. The molecule has 19 heavy (non-hydrogen) atoms. The number of methoxy groups -OCH3 is 1. The largest absolute Gasteiger partial charge is 0.496 e. The van der Waals surface area contributed by atoms with E-state index in [4.69, 9.17) is 22.1 Å².